The van der Waals surface area contributed by atoms with E-state index in [0.29, 0.717) is 49.6 Å². The summed E-state index contributed by atoms with van der Waals surface area (Å²) in [6.07, 6.45) is 4.66. The number of amides is 5. The van der Waals surface area contributed by atoms with Gasteiger partial charge in [-0.25, -0.2) is 4.79 Å². The van der Waals surface area contributed by atoms with Gasteiger partial charge in [-0.1, -0.05) is 67.4 Å². The van der Waals surface area contributed by atoms with E-state index in [2.05, 4.69) is 28.9 Å². The number of halogens is 1. The Bertz CT molecular complexity index is 1480. The number of rotatable bonds is 13. The van der Waals surface area contributed by atoms with Crippen LogP contribution in [0.4, 0.5) is 4.79 Å². The Morgan fingerprint density at radius 3 is 2.43 bits per heavy atom. The second kappa shape index (κ2) is 17.4. The first-order valence-corrected chi connectivity index (χ1v) is 16.4. The van der Waals surface area contributed by atoms with Crippen molar-refractivity contribution in [1.82, 2.24) is 25.8 Å². The zero-order chi connectivity index (χ0) is 32.9. The van der Waals surface area contributed by atoms with Crippen LogP contribution < -0.4 is 16.0 Å². The zero-order valence-electron chi connectivity index (χ0n) is 26.7. The Labute approximate surface area is 276 Å². The molecular formula is C36H44ClN5O4. The number of benzene rings is 3. The molecule has 3 aromatic carbocycles. The molecule has 0 unspecified atom stereocenters. The maximum atomic E-state index is 13.3. The van der Waals surface area contributed by atoms with Crippen LogP contribution in [0.1, 0.15) is 60.5 Å². The first-order chi connectivity index (χ1) is 22.3. The van der Waals surface area contributed by atoms with Gasteiger partial charge in [0.25, 0.3) is 5.91 Å². The van der Waals surface area contributed by atoms with Gasteiger partial charge >= 0.3 is 6.03 Å². The summed E-state index contributed by atoms with van der Waals surface area (Å²) >= 11 is 5.93. The van der Waals surface area contributed by atoms with E-state index < -0.39 is 6.04 Å². The first kappa shape index (κ1) is 34.5. The standard InChI is InChI=1S/C36H44ClN5O4/c1-3-4-21-42(36(46)38-2)24-27-8-7-9-30(23-27)28-13-15-29(16-14-28)34(44)40-32-10-5-6-22-41(35(32)45)25-33(43)39-20-19-26-11-17-31(37)18-12-26/h7-9,11-18,23,32H,3-6,10,19-22,24-25H2,1-2H3,(H,38,46)(H,39,43)(H,40,44)/t32-/m0/s1. The van der Waals surface area contributed by atoms with Crippen molar-refractivity contribution >= 4 is 35.4 Å². The second-order valence-electron chi connectivity index (χ2n) is 11.6. The average molecular weight is 646 g/mol. The highest BCUT2D eigenvalue weighted by Gasteiger charge is 2.29. The van der Waals surface area contributed by atoms with Gasteiger partial charge in [-0.2, -0.15) is 0 Å². The highest BCUT2D eigenvalue weighted by Crippen LogP contribution is 2.22. The molecule has 10 heteroatoms. The fraction of sp³-hybridized carbons (Fsp3) is 0.389. The maximum Gasteiger partial charge on any atom is 0.317 e. The molecule has 0 bridgehead atoms. The molecule has 3 aromatic rings. The van der Waals surface area contributed by atoms with Gasteiger partial charge in [0, 0.05) is 43.8 Å². The van der Waals surface area contributed by atoms with Crippen molar-refractivity contribution in [3.05, 3.63) is 94.5 Å². The van der Waals surface area contributed by atoms with Gasteiger partial charge in [0.15, 0.2) is 0 Å². The summed E-state index contributed by atoms with van der Waals surface area (Å²) in [6.45, 7) is 4.18. The quantitative estimate of drug-likeness (QED) is 0.231. The van der Waals surface area contributed by atoms with Crippen molar-refractivity contribution in [3.8, 4) is 11.1 Å². The number of carbonyl (C=O) groups excluding carboxylic acids is 4. The minimum Gasteiger partial charge on any atom is -0.354 e. The third kappa shape index (κ3) is 10.1. The number of likely N-dealkylation sites (tertiary alicyclic amines) is 1. The molecule has 3 N–H and O–H groups in total. The SMILES string of the molecule is CCCCN(Cc1cccc(-c2ccc(C(=O)N[C@H]3CCCCN(CC(=O)NCCc4ccc(Cl)cc4)C3=O)cc2)c1)C(=O)NC. The second-order valence-corrected chi connectivity index (χ2v) is 12.1. The molecule has 46 heavy (non-hydrogen) atoms. The third-order valence-corrected chi connectivity index (χ3v) is 8.38. The summed E-state index contributed by atoms with van der Waals surface area (Å²) in [6, 6.07) is 22.0. The topological polar surface area (TPSA) is 111 Å². The molecule has 0 saturated carbocycles. The minimum atomic E-state index is -0.691. The summed E-state index contributed by atoms with van der Waals surface area (Å²) < 4.78 is 0. The molecule has 244 valence electrons. The first-order valence-electron chi connectivity index (χ1n) is 16.0. The minimum absolute atomic E-state index is 0.0426. The Kier molecular flexibility index (Phi) is 13.0. The van der Waals surface area contributed by atoms with E-state index in [-0.39, 0.29) is 30.3 Å². The molecule has 0 radical (unpaired) electrons. The summed E-state index contributed by atoms with van der Waals surface area (Å²) in [5.41, 5.74) is 4.46. The van der Waals surface area contributed by atoms with Gasteiger partial charge in [0.2, 0.25) is 11.8 Å². The summed E-state index contributed by atoms with van der Waals surface area (Å²) in [4.78, 5) is 54.9. The van der Waals surface area contributed by atoms with Gasteiger partial charge in [0.1, 0.15) is 6.04 Å². The lowest BCUT2D eigenvalue weighted by atomic mass is 10.0. The molecule has 1 heterocycles. The number of hydrogen-bond acceptors (Lipinski definition) is 4. The van der Waals surface area contributed by atoms with E-state index in [1.54, 1.807) is 29.0 Å². The summed E-state index contributed by atoms with van der Waals surface area (Å²) in [5.74, 6) is -0.793. The largest absolute Gasteiger partial charge is 0.354 e. The van der Waals surface area contributed by atoms with Crippen LogP contribution in [0.15, 0.2) is 72.8 Å². The molecule has 0 aliphatic carbocycles. The average Bonchev–Trinajstić information content (AvgIpc) is 3.24. The van der Waals surface area contributed by atoms with Crippen molar-refractivity contribution in [3.63, 3.8) is 0 Å². The molecule has 1 saturated heterocycles. The molecule has 1 atom stereocenters. The smallest absolute Gasteiger partial charge is 0.317 e. The third-order valence-electron chi connectivity index (χ3n) is 8.13. The van der Waals surface area contributed by atoms with Gasteiger partial charge in [0.05, 0.1) is 6.54 Å². The predicted molar refractivity (Wildman–Crippen MR) is 182 cm³/mol. The van der Waals surface area contributed by atoms with Gasteiger partial charge in [-0.15, -0.1) is 0 Å². The fourth-order valence-corrected chi connectivity index (χ4v) is 5.63. The lowest BCUT2D eigenvalue weighted by Crippen LogP contribution is -2.50. The molecule has 9 nitrogen and oxygen atoms in total. The molecule has 0 aromatic heterocycles. The van der Waals surface area contributed by atoms with E-state index in [0.717, 1.165) is 47.9 Å². The Balaban J connectivity index is 1.32. The Morgan fingerprint density at radius 1 is 0.957 bits per heavy atom. The number of carbonyl (C=O) groups is 4. The van der Waals surface area contributed by atoms with Crippen LogP contribution in [0.5, 0.6) is 0 Å². The normalized spacial score (nSPS) is 14.7. The van der Waals surface area contributed by atoms with Crippen LogP contribution in [0.25, 0.3) is 11.1 Å². The predicted octanol–water partition coefficient (Wildman–Crippen LogP) is 5.42. The zero-order valence-corrected chi connectivity index (χ0v) is 27.4. The van der Waals surface area contributed by atoms with Crippen LogP contribution in [0.2, 0.25) is 5.02 Å². The molecule has 5 amide bonds. The van der Waals surface area contributed by atoms with Crippen LogP contribution >= 0.6 is 11.6 Å². The number of nitrogens with one attached hydrogen (secondary N) is 3. The van der Waals surface area contributed by atoms with Crippen molar-refractivity contribution in [2.45, 2.75) is 58.0 Å². The van der Waals surface area contributed by atoms with E-state index in [1.165, 1.54) is 0 Å². The molecule has 1 aliphatic heterocycles. The fourth-order valence-electron chi connectivity index (χ4n) is 5.51. The summed E-state index contributed by atoms with van der Waals surface area (Å²) in [7, 11) is 1.64. The number of nitrogens with zero attached hydrogens (tertiary/aromatic N) is 2. The maximum absolute atomic E-state index is 13.3. The molecule has 4 rings (SSSR count). The van der Waals surface area contributed by atoms with Crippen LogP contribution in [-0.4, -0.2) is 72.8 Å². The van der Waals surface area contributed by atoms with Crippen molar-refractivity contribution in [2.24, 2.45) is 0 Å². The van der Waals surface area contributed by atoms with Gasteiger partial charge in [-0.3, -0.25) is 14.4 Å². The molecule has 1 aliphatic rings. The molecular weight excluding hydrogens is 602 g/mol. The van der Waals surface area contributed by atoms with Crippen molar-refractivity contribution in [2.75, 3.05) is 33.2 Å². The van der Waals surface area contributed by atoms with Crippen molar-refractivity contribution in [1.29, 1.82) is 0 Å². The van der Waals surface area contributed by atoms with Crippen LogP contribution in [0, 0.1) is 0 Å². The number of hydrogen-bond donors (Lipinski definition) is 3. The lowest BCUT2D eigenvalue weighted by Gasteiger charge is -2.24. The van der Waals surface area contributed by atoms with Gasteiger partial charge < -0.3 is 25.8 Å². The van der Waals surface area contributed by atoms with E-state index in [4.69, 9.17) is 11.6 Å². The van der Waals surface area contributed by atoms with E-state index in [9.17, 15) is 19.2 Å². The van der Waals surface area contributed by atoms with Crippen LogP contribution in [0.3, 0.4) is 0 Å². The van der Waals surface area contributed by atoms with E-state index in [1.807, 2.05) is 54.6 Å². The highest BCUT2D eigenvalue weighted by atomic mass is 35.5. The summed E-state index contributed by atoms with van der Waals surface area (Å²) in [5, 5.41) is 9.18. The van der Waals surface area contributed by atoms with Crippen molar-refractivity contribution < 1.29 is 19.2 Å². The van der Waals surface area contributed by atoms with Crippen LogP contribution in [-0.2, 0) is 22.6 Å². The van der Waals surface area contributed by atoms with E-state index >= 15 is 0 Å². The molecule has 1 fully saturated rings. The molecule has 0 spiro atoms. The Hall–Kier alpha value is -4.37. The number of urea groups is 1. The highest BCUT2D eigenvalue weighted by molar-refractivity contribution is 6.30. The lowest BCUT2D eigenvalue weighted by molar-refractivity contribution is -0.137. The Morgan fingerprint density at radius 2 is 1.72 bits per heavy atom. The monoisotopic (exact) mass is 645 g/mol. The van der Waals surface area contributed by atoms with Gasteiger partial charge in [-0.05, 0) is 84.7 Å². The number of unbranched alkanes of at least 4 members (excludes halogenated alkanes) is 1.